The van der Waals surface area contributed by atoms with Crippen LogP contribution in [0.3, 0.4) is 0 Å². The van der Waals surface area contributed by atoms with E-state index in [0.717, 1.165) is 37.6 Å². The molecule has 1 N–H and O–H groups in total. The molecule has 1 aromatic heterocycles. The van der Waals surface area contributed by atoms with Crippen molar-refractivity contribution in [3.8, 4) is 11.4 Å². The van der Waals surface area contributed by atoms with E-state index in [1.807, 2.05) is 23.7 Å². The van der Waals surface area contributed by atoms with Gasteiger partial charge in [0.25, 0.3) is 0 Å². The van der Waals surface area contributed by atoms with E-state index in [-0.39, 0.29) is 0 Å². The molecule has 1 unspecified atom stereocenters. The monoisotopic (exact) mass is 344 g/mol. The minimum atomic E-state index is -1.64. The Bertz CT molecular complexity index is 756. The van der Waals surface area contributed by atoms with Crippen LogP contribution in [0.1, 0.15) is 26.0 Å². The number of anilines is 1. The van der Waals surface area contributed by atoms with Gasteiger partial charge >= 0.3 is 0 Å². The molecule has 2 aliphatic rings. The third-order valence-corrected chi connectivity index (χ3v) is 5.33. The van der Waals surface area contributed by atoms with Crippen molar-refractivity contribution in [1.82, 2.24) is 15.1 Å². The van der Waals surface area contributed by atoms with E-state index in [0.29, 0.717) is 17.6 Å². The molecule has 5 nitrogen and oxygen atoms in total. The summed E-state index contributed by atoms with van der Waals surface area (Å²) < 4.78 is 21.2. The number of benzene rings is 1. The van der Waals surface area contributed by atoms with Crippen LogP contribution in [0.5, 0.6) is 5.75 Å². The van der Waals surface area contributed by atoms with Gasteiger partial charge in [0.2, 0.25) is 5.85 Å². The Kier molecular flexibility index (Phi) is 3.76. The number of alkyl halides is 1. The molecule has 1 spiro atoms. The lowest BCUT2D eigenvalue weighted by Crippen LogP contribution is -2.71. The fraction of sp³-hybridized carbons (Fsp3) is 0.526. The fourth-order valence-corrected chi connectivity index (χ4v) is 3.51. The Balaban J connectivity index is 1.48. The SMILES string of the molecule is CCC(C)(F)Oc1ccc(-n2cc(N3CC4(CNC4)C3)c(C)n2)cc1. The molecule has 0 saturated carbocycles. The molecule has 0 radical (unpaired) electrons. The topological polar surface area (TPSA) is 42.3 Å². The van der Waals surface area contributed by atoms with Gasteiger partial charge in [0.15, 0.2) is 0 Å². The minimum absolute atomic E-state index is 0.309. The number of aryl methyl sites for hydroxylation is 1. The molecule has 0 bridgehead atoms. The number of hydrogen-bond acceptors (Lipinski definition) is 4. The van der Waals surface area contributed by atoms with E-state index in [1.165, 1.54) is 12.6 Å². The standard InChI is InChI=1S/C19H25FN4O/c1-4-18(3,20)25-16-7-5-15(6-8-16)24-9-17(14(2)22-24)23-12-19(13-23)10-21-11-19/h5-9,21H,4,10-13H2,1-3H3. The predicted molar refractivity (Wildman–Crippen MR) is 96.2 cm³/mol. The molecular weight excluding hydrogens is 319 g/mol. The van der Waals surface area contributed by atoms with Crippen LogP contribution in [-0.4, -0.2) is 41.8 Å². The molecule has 25 heavy (non-hydrogen) atoms. The molecule has 2 aliphatic heterocycles. The number of rotatable bonds is 5. The number of nitrogens with one attached hydrogen (secondary N) is 1. The second kappa shape index (κ2) is 5.73. The van der Waals surface area contributed by atoms with Gasteiger partial charge in [-0.25, -0.2) is 4.68 Å². The number of nitrogens with zero attached hydrogens (tertiary/aromatic N) is 3. The van der Waals surface area contributed by atoms with E-state index in [9.17, 15) is 4.39 Å². The summed E-state index contributed by atoms with van der Waals surface area (Å²) >= 11 is 0. The average Bonchev–Trinajstić information content (AvgIpc) is 2.87. The van der Waals surface area contributed by atoms with Gasteiger partial charge in [0.05, 0.1) is 23.3 Å². The van der Waals surface area contributed by atoms with Crippen molar-refractivity contribution < 1.29 is 9.13 Å². The first-order chi connectivity index (χ1) is 11.9. The lowest BCUT2D eigenvalue weighted by atomic mass is 9.74. The van der Waals surface area contributed by atoms with Gasteiger partial charge in [-0.05, 0) is 31.2 Å². The largest absolute Gasteiger partial charge is 0.458 e. The van der Waals surface area contributed by atoms with Gasteiger partial charge in [-0.1, -0.05) is 6.92 Å². The van der Waals surface area contributed by atoms with Gasteiger partial charge in [0, 0.05) is 44.9 Å². The third-order valence-electron chi connectivity index (χ3n) is 5.33. The van der Waals surface area contributed by atoms with E-state index < -0.39 is 5.85 Å². The maximum Gasteiger partial charge on any atom is 0.245 e. The van der Waals surface area contributed by atoms with Crippen molar-refractivity contribution in [3.05, 3.63) is 36.2 Å². The zero-order chi connectivity index (χ0) is 17.7. The Hall–Kier alpha value is -2.08. The average molecular weight is 344 g/mol. The van der Waals surface area contributed by atoms with E-state index >= 15 is 0 Å². The molecule has 3 heterocycles. The maximum absolute atomic E-state index is 14.0. The van der Waals surface area contributed by atoms with Crippen LogP contribution in [0.4, 0.5) is 10.1 Å². The summed E-state index contributed by atoms with van der Waals surface area (Å²) in [5.41, 5.74) is 3.66. The highest BCUT2D eigenvalue weighted by Crippen LogP contribution is 2.38. The second-order valence-corrected chi connectivity index (χ2v) is 7.56. The third kappa shape index (κ3) is 2.99. The molecule has 0 aliphatic carbocycles. The highest BCUT2D eigenvalue weighted by Gasteiger charge is 2.48. The van der Waals surface area contributed by atoms with Gasteiger partial charge in [-0.2, -0.15) is 9.49 Å². The van der Waals surface area contributed by atoms with Crippen molar-refractivity contribution in [2.45, 2.75) is 33.0 Å². The maximum atomic E-state index is 14.0. The van der Waals surface area contributed by atoms with Gasteiger partial charge in [0.1, 0.15) is 5.75 Å². The lowest BCUT2D eigenvalue weighted by molar-refractivity contribution is -0.0471. The van der Waals surface area contributed by atoms with Crippen LogP contribution in [-0.2, 0) is 0 Å². The van der Waals surface area contributed by atoms with Crippen LogP contribution in [0.2, 0.25) is 0 Å². The molecule has 134 valence electrons. The molecule has 4 rings (SSSR count). The van der Waals surface area contributed by atoms with Gasteiger partial charge < -0.3 is 15.0 Å². The Morgan fingerprint density at radius 1 is 1.28 bits per heavy atom. The second-order valence-electron chi connectivity index (χ2n) is 7.56. The first-order valence-electron chi connectivity index (χ1n) is 8.90. The van der Waals surface area contributed by atoms with Gasteiger partial charge in [-0.3, -0.25) is 0 Å². The molecule has 2 aromatic rings. The summed E-state index contributed by atoms with van der Waals surface area (Å²) in [5, 5.41) is 8.00. The summed E-state index contributed by atoms with van der Waals surface area (Å²) in [6.45, 7) is 9.72. The molecule has 2 fully saturated rings. The molecule has 2 saturated heterocycles. The van der Waals surface area contributed by atoms with Crippen molar-refractivity contribution in [2.24, 2.45) is 5.41 Å². The van der Waals surface area contributed by atoms with E-state index in [2.05, 4.69) is 21.5 Å². The molecular formula is C19H25FN4O. The van der Waals surface area contributed by atoms with Crippen LogP contribution in [0, 0.1) is 12.3 Å². The normalized spacial score (nSPS) is 20.7. The summed E-state index contributed by atoms with van der Waals surface area (Å²) in [6, 6.07) is 7.39. The summed E-state index contributed by atoms with van der Waals surface area (Å²) in [5.74, 6) is -1.11. The quantitative estimate of drug-likeness (QED) is 0.905. The Labute approximate surface area is 147 Å². The zero-order valence-corrected chi connectivity index (χ0v) is 15.1. The van der Waals surface area contributed by atoms with Crippen molar-refractivity contribution in [1.29, 1.82) is 0 Å². The van der Waals surface area contributed by atoms with Crippen LogP contribution >= 0.6 is 0 Å². The van der Waals surface area contributed by atoms with Crippen LogP contribution < -0.4 is 15.0 Å². The van der Waals surface area contributed by atoms with Crippen molar-refractivity contribution in [3.63, 3.8) is 0 Å². The first-order valence-corrected chi connectivity index (χ1v) is 8.90. The van der Waals surface area contributed by atoms with Crippen LogP contribution in [0.15, 0.2) is 30.5 Å². The molecule has 0 amide bonds. The number of aromatic nitrogens is 2. The summed E-state index contributed by atoms with van der Waals surface area (Å²) in [7, 11) is 0. The lowest BCUT2D eigenvalue weighted by Gasteiger charge is -2.56. The Morgan fingerprint density at radius 3 is 2.52 bits per heavy atom. The van der Waals surface area contributed by atoms with Gasteiger partial charge in [-0.15, -0.1) is 0 Å². The smallest absolute Gasteiger partial charge is 0.245 e. The van der Waals surface area contributed by atoms with E-state index in [4.69, 9.17) is 4.74 Å². The summed E-state index contributed by atoms with van der Waals surface area (Å²) in [6.07, 6.45) is 2.39. The van der Waals surface area contributed by atoms with E-state index in [1.54, 1.807) is 19.1 Å². The van der Waals surface area contributed by atoms with Crippen molar-refractivity contribution in [2.75, 3.05) is 31.1 Å². The zero-order valence-electron chi connectivity index (χ0n) is 15.1. The highest BCUT2D eigenvalue weighted by molar-refractivity contribution is 5.54. The highest BCUT2D eigenvalue weighted by atomic mass is 19.2. The molecule has 1 aromatic carbocycles. The predicted octanol–water partition coefficient (Wildman–Crippen LogP) is 3.06. The Morgan fingerprint density at radius 2 is 1.96 bits per heavy atom. The first kappa shape index (κ1) is 16.4. The number of hydrogen-bond donors (Lipinski definition) is 1. The fourth-order valence-electron chi connectivity index (χ4n) is 3.51. The molecule has 1 atom stereocenters. The molecule has 6 heteroatoms. The number of halogens is 1. The van der Waals surface area contributed by atoms with Crippen LogP contribution in [0.25, 0.3) is 5.69 Å². The minimum Gasteiger partial charge on any atom is -0.458 e. The number of ether oxygens (including phenoxy) is 1. The summed E-state index contributed by atoms with van der Waals surface area (Å²) in [4.78, 5) is 2.40. The van der Waals surface area contributed by atoms with Crippen molar-refractivity contribution >= 4 is 5.69 Å².